The lowest BCUT2D eigenvalue weighted by Gasteiger charge is -1.96. The smallest absolute Gasteiger partial charge is 0.116 e. The molecule has 0 unspecified atom stereocenters. The maximum Gasteiger partial charge on any atom is 0.116 e. The van der Waals surface area contributed by atoms with Gasteiger partial charge in [0.05, 0.1) is 0 Å². The fourth-order valence-corrected chi connectivity index (χ4v) is 1.35. The zero-order valence-corrected chi connectivity index (χ0v) is 6.54. The van der Waals surface area contributed by atoms with Crippen molar-refractivity contribution < 1.29 is 5.11 Å². The molecule has 0 aliphatic carbocycles. The van der Waals surface area contributed by atoms with Gasteiger partial charge in [0, 0.05) is 0 Å². The zero-order chi connectivity index (χ0) is 7.40. The molecule has 0 fully saturated rings. The summed E-state index contributed by atoms with van der Waals surface area (Å²) in [6, 6.07) is 7.30. The predicted octanol–water partition coefficient (Wildman–Crippen LogP) is 0.865. The number of aromatic hydroxyl groups is 1. The van der Waals surface area contributed by atoms with Crippen LogP contribution in [0, 0.1) is 0 Å². The molecule has 2 heteroatoms. The van der Waals surface area contributed by atoms with Gasteiger partial charge in [0.1, 0.15) is 15.3 Å². The number of para-hydroxylation sites is 1. The molecule has 10 heavy (non-hydrogen) atoms. The average molecular weight is 148 g/mol. The Labute approximate surface area is 62.8 Å². The molecule has 0 spiro atoms. The summed E-state index contributed by atoms with van der Waals surface area (Å²) >= 11 is 0. The summed E-state index contributed by atoms with van der Waals surface area (Å²) in [6.45, 7) is 3.60. The first kappa shape index (κ1) is 7.09. The van der Waals surface area contributed by atoms with E-state index in [0.29, 0.717) is 15.3 Å². The van der Waals surface area contributed by atoms with Crippen molar-refractivity contribution in [3.8, 4) is 5.75 Å². The first-order chi connectivity index (χ1) is 4.84. The number of hydrogen-bond acceptors (Lipinski definition) is 1. The summed E-state index contributed by atoms with van der Waals surface area (Å²) in [5.74, 6) is 0.362. The van der Waals surface area contributed by atoms with E-state index in [1.54, 1.807) is 11.8 Å². The summed E-state index contributed by atoms with van der Waals surface area (Å²) in [5.41, 5.74) is 1.80. The Kier molecular flexibility index (Phi) is 2.28. The highest BCUT2D eigenvalue weighted by Gasteiger charge is 1.95. The lowest BCUT2D eigenvalue weighted by atomic mass is 10.3. The molecule has 0 saturated heterocycles. The molecule has 1 nitrogen and oxygen atoms in total. The van der Waals surface area contributed by atoms with Gasteiger partial charge in [-0.25, -0.2) is 0 Å². The predicted molar refractivity (Wildman–Crippen MR) is 43.7 cm³/mol. The summed E-state index contributed by atoms with van der Waals surface area (Å²) in [5, 5.41) is 10.2. The Balaban J connectivity index is 2.91. The second-order valence-electron chi connectivity index (χ2n) is 1.87. The molecule has 0 aliphatic rings. The van der Waals surface area contributed by atoms with E-state index in [4.69, 9.17) is 0 Å². The number of phenols is 1. The Bertz CT molecular complexity index is 232. The maximum absolute atomic E-state index is 9.20. The summed E-state index contributed by atoms with van der Waals surface area (Å²) in [6.07, 6.45) is 0. The molecule has 0 saturated carbocycles. The van der Waals surface area contributed by atoms with Gasteiger partial charge in [-0.05, 0) is 11.3 Å². The molecule has 1 N–H and O–H groups in total. The third-order valence-electron chi connectivity index (χ3n) is 1.16. The van der Waals surface area contributed by atoms with Gasteiger partial charge in [-0.2, -0.15) is 0 Å². The van der Waals surface area contributed by atoms with Crippen molar-refractivity contribution in [2.24, 2.45) is 0 Å². The largest absolute Gasteiger partial charge is 0.508 e. The lowest BCUT2D eigenvalue weighted by molar-refractivity contribution is 0.479. The Morgan fingerprint density at radius 1 is 1.40 bits per heavy atom. The van der Waals surface area contributed by atoms with E-state index in [0.717, 1.165) is 5.19 Å². The van der Waals surface area contributed by atoms with Crippen LogP contribution in [-0.4, -0.2) is 14.6 Å². The SMILES string of the molecule is C=C[Si]c1ccccc1O. The second-order valence-corrected chi connectivity index (χ2v) is 3.10. The minimum atomic E-state index is 0.362. The van der Waals surface area contributed by atoms with Gasteiger partial charge in [0.15, 0.2) is 0 Å². The second kappa shape index (κ2) is 3.22. The van der Waals surface area contributed by atoms with Gasteiger partial charge >= 0.3 is 0 Å². The van der Waals surface area contributed by atoms with Crippen molar-refractivity contribution in [2.75, 3.05) is 0 Å². The molecular weight excluding hydrogens is 140 g/mol. The van der Waals surface area contributed by atoms with Crippen LogP contribution in [0.1, 0.15) is 0 Å². The van der Waals surface area contributed by atoms with Crippen molar-refractivity contribution in [2.45, 2.75) is 0 Å². The van der Waals surface area contributed by atoms with Crippen molar-refractivity contribution in [1.29, 1.82) is 0 Å². The van der Waals surface area contributed by atoms with Crippen LogP contribution >= 0.6 is 0 Å². The van der Waals surface area contributed by atoms with Gasteiger partial charge in [0.2, 0.25) is 0 Å². The van der Waals surface area contributed by atoms with E-state index in [1.807, 2.05) is 18.2 Å². The first-order valence-corrected chi connectivity index (χ1v) is 4.08. The maximum atomic E-state index is 9.20. The molecular formula is C8H8OSi. The molecule has 0 aromatic heterocycles. The van der Waals surface area contributed by atoms with E-state index in [-0.39, 0.29) is 0 Å². The van der Waals surface area contributed by atoms with Crippen LogP contribution in [0.2, 0.25) is 0 Å². The van der Waals surface area contributed by atoms with Crippen LogP contribution in [0.15, 0.2) is 36.5 Å². The van der Waals surface area contributed by atoms with Gasteiger partial charge in [-0.1, -0.05) is 18.2 Å². The van der Waals surface area contributed by atoms with E-state index in [1.165, 1.54) is 0 Å². The minimum Gasteiger partial charge on any atom is -0.508 e. The van der Waals surface area contributed by atoms with E-state index in [9.17, 15) is 5.11 Å². The van der Waals surface area contributed by atoms with E-state index < -0.39 is 0 Å². The lowest BCUT2D eigenvalue weighted by Crippen LogP contribution is -2.10. The van der Waals surface area contributed by atoms with Crippen LogP contribution in [0.4, 0.5) is 0 Å². The molecule has 0 heterocycles. The third-order valence-corrected chi connectivity index (χ3v) is 2.10. The van der Waals surface area contributed by atoms with Crippen LogP contribution in [0.25, 0.3) is 0 Å². The van der Waals surface area contributed by atoms with Gasteiger partial charge in [-0.3, -0.25) is 0 Å². The normalized spacial score (nSPS) is 9.20. The fraction of sp³-hybridized carbons (Fsp3) is 0. The van der Waals surface area contributed by atoms with Crippen molar-refractivity contribution in [3.05, 3.63) is 36.5 Å². The fourth-order valence-electron chi connectivity index (χ4n) is 0.706. The van der Waals surface area contributed by atoms with Crippen molar-refractivity contribution in [1.82, 2.24) is 0 Å². The molecule has 0 aliphatic heterocycles. The van der Waals surface area contributed by atoms with Crippen LogP contribution < -0.4 is 5.19 Å². The number of hydrogen-bond donors (Lipinski definition) is 1. The molecule has 0 amide bonds. The standard InChI is InChI=1S/C8H8OSi/c1-2-10-8-6-4-3-5-7(8)9/h2-6,9H,1H2. The van der Waals surface area contributed by atoms with Crippen LogP contribution in [-0.2, 0) is 0 Å². The van der Waals surface area contributed by atoms with Gasteiger partial charge in [-0.15, -0.1) is 12.3 Å². The molecule has 2 radical (unpaired) electrons. The molecule has 0 atom stereocenters. The quantitative estimate of drug-likeness (QED) is 0.617. The monoisotopic (exact) mass is 148 g/mol. The minimum absolute atomic E-state index is 0.362. The number of rotatable bonds is 2. The third kappa shape index (κ3) is 1.48. The summed E-state index contributed by atoms with van der Waals surface area (Å²) < 4.78 is 0. The van der Waals surface area contributed by atoms with Crippen LogP contribution in [0.5, 0.6) is 5.75 Å². The average Bonchev–Trinajstić information content (AvgIpc) is 1.94. The highest BCUT2D eigenvalue weighted by molar-refractivity contribution is 6.59. The van der Waals surface area contributed by atoms with Crippen molar-refractivity contribution in [3.63, 3.8) is 0 Å². The topological polar surface area (TPSA) is 20.2 Å². The molecule has 50 valence electrons. The number of benzene rings is 1. The molecule has 1 aromatic carbocycles. The van der Waals surface area contributed by atoms with Gasteiger partial charge < -0.3 is 5.11 Å². The summed E-state index contributed by atoms with van der Waals surface area (Å²) in [7, 11) is 0.500. The van der Waals surface area contributed by atoms with E-state index >= 15 is 0 Å². The summed E-state index contributed by atoms with van der Waals surface area (Å²) in [4.78, 5) is 0. The molecule has 1 rings (SSSR count). The van der Waals surface area contributed by atoms with Gasteiger partial charge in [0.25, 0.3) is 0 Å². The Morgan fingerprint density at radius 3 is 2.70 bits per heavy atom. The van der Waals surface area contributed by atoms with E-state index in [2.05, 4.69) is 6.58 Å². The van der Waals surface area contributed by atoms with Crippen LogP contribution in [0.3, 0.4) is 0 Å². The molecule has 1 aromatic rings. The highest BCUT2D eigenvalue weighted by Crippen LogP contribution is 2.00. The Morgan fingerprint density at radius 2 is 2.10 bits per heavy atom. The number of phenolic OH excluding ortho intramolecular Hbond substituents is 1. The zero-order valence-electron chi connectivity index (χ0n) is 5.54. The highest BCUT2D eigenvalue weighted by atomic mass is 28.2. The molecule has 0 bridgehead atoms. The Hall–Kier alpha value is -1.02. The first-order valence-electron chi connectivity index (χ1n) is 3.00. The van der Waals surface area contributed by atoms with Crippen molar-refractivity contribution >= 4 is 14.7 Å².